The van der Waals surface area contributed by atoms with Crippen LogP contribution in [0.3, 0.4) is 0 Å². The zero-order valence-electron chi connectivity index (χ0n) is 14.1. The molecular weight excluding hydrogens is 476 g/mol. The van der Waals surface area contributed by atoms with Crippen LogP contribution in [0.15, 0.2) is 55.2 Å². The molecule has 0 aliphatic carbocycles. The molecule has 0 heterocycles. The summed E-state index contributed by atoms with van der Waals surface area (Å²) in [5.41, 5.74) is 3.65. The first-order chi connectivity index (χ1) is 12.3. The van der Waals surface area contributed by atoms with Crippen molar-refractivity contribution in [1.29, 1.82) is 10.5 Å². The fraction of sp³-hybridized carbons (Fsp3) is 0.100. The Morgan fingerprint density at radius 1 is 1.00 bits per heavy atom. The maximum absolute atomic E-state index is 12.7. The summed E-state index contributed by atoms with van der Waals surface area (Å²) in [6, 6.07) is 15.0. The predicted molar refractivity (Wildman–Crippen MR) is 113 cm³/mol. The Balaban J connectivity index is 2.44. The lowest BCUT2D eigenvalue weighted by Crippen LogP contribution is -1.96. The molecule has 2 rings (SSSR count). The van der Waals surface area contributed by atoms with Crippen molar-refractivity contribution in [3.8, 4) is 12.1 Å². The molecule has 0 spiro atoms. The van der Waals surface area contributed by atoms with Crippen LogP contribution in [0.25, 0.3) is 12.2 Å². The highest BCUT2D eigenvalue weighted by Gasteiger charge is 2.14. The van der Waals surface area contributed by atoms with E-state index in [-0.39, 0.29) is 9.81 Å². The summed E-state index contributed by atoms with van der Waals surface area (Å²) in [5.74, 6) is 0. The lowest BCUT2D eigenvalue weighted by molar-refractivity contribution is 0.691. The second-order valence-electron chi connectivity index (χ2n) is 5.51. The van der Waals surface area contributed by atoms with Gasteiger partial charge in [-0.2, -0.15) is 10.5 Å². The van der Waals surface area contributed by atoms with E-state index in [4.69, 9.17) is 0 Å². The number of rotatable bonds is 4. The number of hydrogen-bond acceptors (Lipinski definition) is 3. The van der Waals surface area contributed by atoms with E-state index in [1.54, 1.807) is 12.1 Å². The van der Waals surface area contributed by atoms with Gasteiger partial charge in [-0.1, -0.05) is 50.1 Å². The highest BCUT2D eigenvalue weighted by atomic mass is 79.9. The molecule has 2 aromatic carbocycles. The number of benzene rings is 2. The molecule has 130 valence electrons. The average molecular weight is 490 g/mol. The van der Waals surface area contributed by atoms with Crippen molar-refractivity contribution in [3.63, 3.8) is 0 Å². The summed E-state index contributed by atoms with van der Waals surface area (Å²) in [6.45, 7) is 3.96. The molecule has 0 amide bonds. The van der Waals surface area contributed by atoms with Crippen molar-refractivity contribution in [2.24, 2.45) is 0 Å². The molecule has 0 saturated carbocycles. The largest absolute Gasteiger partial charge is 0.248 e. The first kappa shape index (κ1) is 20.3. The highest BCUT2D eigenvalue weighted by molar-refractivity contribution is 9.10. The Hall–Kier alpha value is -1.99. The van der Waals surface area contributed by atoms with Gasteiger partial charge in [0.1, 0.15) is 32.7 Å². The van der Waals surface area contributed by atoms with E-state index in [0.29, 0.717) is 0 Å². The van der Waals surface area contributed by atoms with Crippen LogP contribution >= 0.6 is 31.9 Å². The molecule has 0 aliphatic heterocycles. The van der Waals surface area contributed by atoms with E-state index < -0.39 is 10.8 Å². The topological polar surface area (TPSA) is 64.7 Å². The standard InChI is InChI=1S/C20H14Br2N2OS/c1-13-6-16(10-20(22)14(13)2)9-19(12-24)26(25)18(11-23)8-15-4-3-5-17(21)7-15/h3-10H,1-2H3/b18-8+,19-9+. The first-order valence-corrected chi connectivity index (χ1v) is 10.3. The Labute approximate surface area is 172 Å². The van der Waals surface area contributed by atoms with E-state index in [2.05, 4.69) is 31.9 Å². The molecule has 0 saturated heterocycles. The van der Waals surface area contributed by atoms with Crippen LogP contribution in [0, 0.1) is 36.5 Å². The minimum Gasteiger partial charge on any atom is -0.248 e. The molecule has 0 aromatic heterocycles. The van der Waals surface area contributed by atoms with E-state index in [9.17, 15) is 14.7 Å². The maximum Gasteiger partial charge on any atom is 0.122 e. The maximum atomic E-state index is 12.7. The minimum atomic E-state index is -1.85. The minimum absolute atomic E-state index is 0.0267. The highest BCUT2D eigenvalue weighted by Crippen LogP contribution is 2.25. The van der Waals surface area contributed by atoms with Crippen molar-refractivity contribution < 1.29 is 4.21 Å². The third-order valence-corrected chi connectivity index (χ3v) is 6.22. The van der Waals surface area contributed by atoms with Gasteiger partial charge in [-0.05, 0) is 66.5 Å². The smallest absolute Gasteiger partial charge is 0.122 e. The molecule has 0 radical (unpaired) electrons. The SMILES string of the molecule is Cc1cc(/C=C(\C#N)S(=O)/C(C#N)=C/c2cccc(Br)c2)cc(Br)c1C. The van der Waals surface area contributed by atoms with E-state index in [1.807, 2.05) is 56.3 Å². The van der Waals surface area contributed by atoms with Crippen LogP contribution in [0.5, 0.6) is 0 Å². The monoisotopic (exact) mass is 488 g/mol. The second kappa shape index (κ2) is 9.09. The summed E-state index contributed by atoms with van der Waals surface area (Å²) in [4.78, 5) is 0.0572. The summed E-state index contributed by atoms with van der Waals surface area (Å²) in [7, 11) is -1.85. The Morgan fingerprint density at radius 3 is 2.15 bits per heavy atom. The number of halogens is 2. The molecule has 26 heavy (non-hydrogen) atoms. The van der Waals surface area contributed by atoms with Crippen molar-refractivity contribution >= 4 is 54.8 Å². The molecule has 1 unspecified atom stereocenters. The van der Waals surface area contributed by atoms with Gasteiger partial charge in [0.05, 0.1) is 0 Å². The number of aryl methyl sites for hydroxylation is 1. The number of nitrogens with zero attached hydrogens (tertiary/aromatic N) is 2. The Morgan fingerprint density at radius 2 is 1.62 bits per heavy atom. The molecule has 0 bridgehead atoms. The van der Waals surface area contributed by atoms with Gasteiger partial charge in [-0.15, -0.1) is 0 Å². The fourth-order valence-corrected chi connectivity index (χ4v) is 4.08. The lowest BCUT2D eigenvalue weighted by Gasteiger charge is -2.06. The van der Waals surface area contributed by atoms with Gasteiger partial charge in [0, 0.05) is 8.95 Å². The fourth-order valence-electron chi connectivity index (χ4n) is 2.20. The van der Waals surface area contributed by atoms with E-state index in [0.717, 1.165) is 31.2 Å². The summed E-state index contributed by atoms with van der Waals surface area (Å²) >= 11 is 6.84. The summed E-state index contributed by atoms with van der Waals surface area (Å²) in [5, 5.41) is 18.8. The third-order valence-electron chi connectivity index (χ3n) is 3.69. The number of allylic oxidation sites excluding steroid dienone is 2. The third kappa shape index (κ3) is 5.02. The van der Waals surface area contributed by atoms with Gasteiger partial charge in [0.15, 0.2) is 0 Å². The zero-order valence-corrected chi connectivity index (χ0v) is 18.1. The molecule has 0 fully saturated rings. The summed E-state index contributed by atoms with van der Waals surface area (Å²) in [6.07, 6.45) is 3.09. The van der Waals surface area contributed by atoms with Crippen LogP contribution < -0.4 is 0 Å². The summed E-state index contributed by atoms with van der Waals surface area (Å²) < 4.78 is 14.5. The van der Waals surface area contributed by atoms with Gasteiger partial charge in [0.25, 0.3) is 0 Å². The van der Waals surface area contributed by atoms with E-state index in [1.165, 1.54) is 6.08 Å². The molecule has 0 aliphatic rings. The van der Waals surface area contributed by atoms with Gasteiger partial charge < -0.3 is 0 Å². The predicted octanol–water partition coefficient (Wildman–Crippen LogP) is 6.01. The van der Waals surface area contributed by atoms with Crippen molar-refractivity contribution in [2.45, 2.75) is 13.8 Å². The number of hydrogen-bond donors (Lipinski definition) is 0. The molecule has 3 nitrogen and oxygen atoms in total. The van der Waals surface area contributed by atoms with Crippen molar-refractivity contribution in [1.82, 2.24) is 0 Å². The van der Waals surface area contributed by atoms with E-state index >= 15 is 0 Å². The Kier molecular flexibility index (Phi) is 7.11. The molecular formula is C20H14Br2N2OS. The van der Waals surface area contributed by atoms with Gasteiger partial charge in [-0.25, -0.2) is 4.21 Å². The lowest BCUT2D eigenvalue weighted by atomic mass is 10.1. The molecule has 2 aromatic rings. The molecule has 6 heteroatoms. The van der Waals surface area contributed by atoms with Crippen LogP contribution in [0.4, 0.5) is 0 Å². The number of nitriles is 2. The van der Waals surface area contributed by atoms with Gasteiger partial charge in [0.2, 0.25) is 0 Å². The van der Waals surface area contributed by atoms with Crippen LogP contribution in [-0.4, -0.2) is 4.21 Å². The van der Waals surface area contributed by atoms with Crippen LogP contribution in [-0.2, 0) is 10.8 Å². The van der Waals surface area contributed by atoms with Gasteiger partial charge >= 0.3 is 0 Å². The van der Waals surface area contributed by atoms with Gasteiger partial charge in [-0.3, -0.25) is 0 Å². The van der Waals surface area contributed by atoms with Crippen LogP contribution in [0.2, 0.25) is 0 Å². The Bertz CT molecular complexity index is 1000. The second-order valence-corrected chi connectivity index (χ2v) is 8.70. The zero-order chi connectivity index (χ0) is 19.3. The molecule has 0 N–H and O–H groups in total. The first-order valence-electron chi connectivity index (χ1n) is 7.53. The quantitative estimate of drug-likeness (QED) is 0.494. The normalized spacial score (nSPS) is 13.0. The van der Waals surface area contributed by atoms with Crippen LogP contribution in [0.1, 0.15) is 22.3 Å². The average Bonchev–Trinajstić information content (AvgIpc) is 2.61. The van der Waals surface area contributed by atoms with Crippen molar-refractivity contribution in [2.75, 3.05) is 0 Å². The molecule has 1 atom stereocenters. The van der Waals surface area contributed by atoms with Crippen molar-refractivity contribution in [3.05, 3.63) is 77.4 Å².